The summed E-state index contributed by atoms with van der Waals surface area (Å²) in [6.07, 6.45) is 26.4. The Hall–Kier alpha value is -0.0800. The molecule has 0 fully saturated rings. The Balaban J connectivity index is 4.33. The highest BCUT2D eigenvalue weighted by molar-refractivity contribution is 4.61. The molecular formula is C26H54O2. The molecule has 2 heteroatoms. The van der Waals surface area contributed by atoms with Crippen LogP contribution >= 0.6 is 0 Å². The van der Waals surface area contributed by atoms with Crippen molar-refractivity contribution in [3.63, 3.8) is 0 Å². The smallest absolute Gasteiger partial charge is 0.0930 e. The maximum atomic E-state index is 6.08. The number of hydrogen-bond acceptors (Lipinski definition) is 2. The summed E-state index contributed by atoms with van der Waals surface area (Å²) in [6, 6.07) is 0. The van der Waals surface area contributed by atoms with Crippen LogP contribution in [0, 0.1) is 0 Å². The van der Waals surface area contributed by atoms with Crippen molar-refractivity contribution in [2.45, 2.75) is 168 Å². The summed E-state index contributed by atoms with van der Waals surface area (Å²) in [5.41, 5.74) is 0. The number of hydrogen-bond donors (Lipinski definition) is 0. The molecule has 0 saturated heterocycles. The van der Waals surface area contributed by atoms with Crippen LogP contribution in [-0.2, 0) is 9.78 Å². The van der Waals surface area contributed by atoms with E-state index < -0.39 is 0 Å². The fraction of sp³-hybridized carbons (Fsp3) is 1.00. The van der Waals surface area contributed by atoms with Gasteiger partial charge in [-0.2, -0.15) is 0 Å². The fourth-order valence-electron chi connectivity index (χ4n) is 3.83. The van der Waals surface area contributed by atoms with Gasteiger partial charge in [0.25, 0.3) is 0 Å². The average molecular weight is 399 g/mol. The first-order chi connectivity index (χ1) is 13.8. The van der Waals surface area contributed by atoms with Gasteiger partial charge in [0.2, 0.25) is 0 Å². The quantitative estimate of drug-likeness (QED) is 0.0968. The molecule has 0 unspecified atom stereocenters. The van der Waals surface area contributed by atoms with Crippen LogP contribution < -0.4 is 0 Å². The highest BCUT2D eigenvalue weighted by Gasteiger charge is 2.15. The van der Waals surface area contributed by atoms with E-state index in [1.54, 1.807) is 0 Å². The molecular weight excluding hydrogens is 344 g/mol. The highest BCUT2D eigenvalue weighted by Crippen LogP contribution is 2.20. The Morgan fingerprint density at radius 2 is 0.607 bits per heavy atom. The first-order valence-corrected chi connectivity index (χ1v) is 13.1. The third-order valence-corrected chi connectivity index (χ3v) is 5.85. The first-order valence-electron chi connectivity index (χ1n) is 13.1. The van der Waals surface area contributed by atoms with Gasteiger partial charge in [-0.15, -0.1) is 0 Å². The van der Waals surface area contributed by atoms with E-state index >= 15 is 0 Å². The van der Waals surface area contributed by atoms with Crippen molar-refractivity contribution in [2.24, 2.45) is 0 Å². The van der Waals surface area contributed by atoms with Gasteiger partial charge in [-0.3, -0.25) is 0 Å². The lowest BCUT2D eigenvalue weighted by Gasteiger charge is -2.22. The zero-order valence-corrected chi connectivity index (χ0v) is 20.1. The van der Waals surface area contributed by atoms with Crippen molar-refractivity contribution in [3.05, 3.63) is 0 Å². The Bertz CT molecular complexity index is 228. The summed E-state index contributed by atoms with van der Waals surface area (Å²) in [4.78, 5) is 12.2. The SMILES string of the molecule is CCCCCCC(CCCCCC)OOC(CCCCCC)CCCCCC. The summed E-state index contributed by atoms with van der Waals surface area (Å²) in [5.74, 6) is 0. The molecule has 170 valence electrons. The molecule has 0 rings (SSSR count). The topological polar surface area (TPSA) is 18.5 Å². The zero-order chi connectivity index (χ0) is 20.7. The van der Waals surface area contributed by atoms with Gasteiger partial charge in [-0.1, -0.05) is 130 Å². The number of unbranched alkanes of at least 4 members (excludes halogenated alkanes) is 12. The van der Waals surface area contributed by atoms with Crippen LogP contribution in [0.1, 0.15) is 156 Å². The first kappa shape index (κ1) is 27.9. The molecule has 0 aliphatic heterocycles. The van der Waals surface area contributed by atoms with Crippen molar-refractivity contribution in [1.29, 1.82) is 0 Å². The molecule has 0 spiro atoms. The number of rotatable bonds is 23. The Morgan fingerprint density at radius 1 is 0.357 bits per heavy atom. The van der Waals surface area contributed by atoms with Crippen LogP contribution in [0.2, 0.25) is 0 Å². The predicted octanol–water partition coefficient (Wildman–Crippen LogP) is 9.55. The minimum Gasteiger partial charge on any atom is -0.233 e. The summed E-state index contributed by atoms with van der Waals surface area (Å²) in [5, 5.41) is 0. The summed E-state index contributed by atoms with van der Waals surface area (Å²) < 4.78 is 0. The van der Waals surface area contributed by atoms with E-state index in [0.717, 1.165) is 0 Å². The summed E-state index contributed by atoms with van der Waals surface area (Å²) in [7, 11) is 0. The van der Waals surface area contributed by atoms with Crippen LogP contribution in [-0.4, -0.2) is 12.2 Å². The van der Waals surface area contributed by atoms with Crippen LogP contribution in [0.25, 0.3) is 0 Å². The van der Waals surface area contributed by atoms with Crippen LogP contribution in [0.15, 0.2) is 0 Å². The molecule has 0 heterocycles. The second-order valence-electron chi connectivity index (χ2n) is 8.83. The van der Waals surface area contributed by atoms with E-state index in [2.05, 4.69) is 27.7 Å². The van der Waals surface area contributed by atoms with E-state index in [1.807, 2.05) is 0 Å². The molecule has 0 aliphatic rings. The molecule has 0 aromatic carbocycles. The fourth-order valence-corrected chi connectivity index (χ4v) is 3.83. The molecule has 0 radical (unpaired) electrons. The van der Waals surface area contributed by atoms with E-state index in [-0.39, 0.29) is 0 Å². The van der Waals surface area contributed by atoms with Gasteiger partial charge in [-0.05, 0) is 25.7 Å². The van der Waals surface area contributed by atoms with Crippen molar-refractivity contribution in [1.82, 2.24) is 0 Å². The third kappa shape index (κ3) is 19.2. The minimum atomic E-state index is 0.308. The maximum Gasteiger partial charge on any atom is 0.0930 e. The normalized spacial score (nSPS) is 11.8. The highest BCUT2D eigenvalue weighted by atomic mass is 17.2. The minimum absolute atomic E-state index is 0.308. The zero-order valence-electron chi connectivity index (χ0n) is 20.1. The van der Waals surface area contributed by atoms with Crippen molar-refractivity contribution < 1.29 is 9.78 Å². The molecule has 0 atom stereocenters. The monoisotopic (exact) mass is 398 g/mol. The van der Waals surface area contributed by atoms with Gasteiger partial charge in [0.15, 0.2) is 0 Å². The van der Waals surface area contributed by atoms with Crippen molar-refractivity contribution in [3.8, 4) is 0 Å². The van der Waals surface area contributed by atoms with Crippen LogP contribution in [0.4, 0.5) is 0 Å². The summed E-state index contributed by atoms with van der Waals surface area (Å²) >= 11 is 0. The van der Waals surface area contributed by atoms with E-state index in [0.29, 0.717) is 12.2 Å². The molecule has 0 N–H and O–H groups in total. The van der Waals surface area contributed by atoms with E-state index in [4.69, 9.17) is 9.78 Å². The lowest BCUT2D eigenvalue weighted by molar-refractivity contribution is -0.355. The van der Waals surface area contributed by atoms with Gasteiger partial charge in [0.05, 0.1) is 12.2 Å². The molecule has 0 saturated carbocycles. The van der Waals surface area contributed by atoms with Gasteiger partial charge in [-0.25, -0.2) is 9.78 Å². The molecule has 0 amide bonds. The van der Waals surface area contributed by atoms with E-state index in [9.17, 15) is 0 Å². The predicted molar refractivity (Wildman–Crippen MR) is 125 cm³/mol. The lowest BCUT2D eigenvalue weighted by Crippen LogP contribution is -2.20. The maximum absolute atomic E-state index is 6.08. The lowest BCUT2D eigenvalue weighted by atomic mass is 10.0. The molecule has 0 aromatic heterocycles. The van der Waals surface area contributed by atoms with Gasteiger partial charge >= 0.3 is 0 Å². The van der Waals surface area contributed by atoms with Crippen LogP contribution in [0.3, 0.4) is 0 Å². The van der Waals surface area contributed by atoms with Crippen LogP contribution in [0.5, 0.6) is 0 Å². The second kappa shape index (κ2) is 23.2. The Morgan fingerprint density at radius 3 is 0.821 bits per heavy atom. The second-order valence-corrected chi connectivity index (χ2v) is 8.83. The average Bonchev–Trinajstić information content (AvgIpc) is 2.71. The van der Waals surface area contributed by atoms with Gasteiger partial charge < -0.3 is 0 Å². The molecule has 0 aromatic rings. The van der Waals surface area contributed by atoms with E-state index in [1.165, 1.54) is 128 Å². The Labute approximate surface area is 178 Å². The Kier molecular flexibility index (Phi) is 23.1. The van der Waals surface area contributed by atoms with Gasteiger partial charge in [0.1, 0.15) is 0 Å². The molecule has 0 aliphatic carbocycles. The molecule has 28 heavy (non-hydrogen) atoms. The van der Waals surface area contributed by atoms with Gasteiger partial charge in [0, 0.05) is 0 Å². The molecule has 2 nitrogen and oxygen atoms in total. The molecule has 0 bridgehead atoms. The summed E-state index contributed by atoms with van der Waals surface area (Å²) in [6.45, 7) is 9.13. The van der Waals surface area contributed by atoms with Crippen molar-refractivity contribution >= 4 is 0 Å². The largest absolute Gasteiger partial charge is 0.233 e. The third-order valence-electron chi connectivity index (χ3n) is 5.85. The standard InChI is InChI=1S/C26H54O2/c1-5-9-13-17-21-25(22-18-14-10-6-2)27-28-26(23-19-15-11-7-3)24-20-16-12-8-4/h25-26H,5-24H2,1-4H3. The van der Waals surface area contributed by atoms with Crippen molar-refractivity contribution in [2.75, 3.05) is 0 Å².